The van der Waals surface area contributed by atoms with Crippen LogP contribution in [0.15, 0.2) is 53.5 Å². The van der Waals surface area contributed by atoms with Crippen molar-refractivity contribution in [2.75, 3.05) is 7.11 Å². The first-order valence-corrected chi connectivity index (χ1v) is 8.29. The van der Waals surface area contributed by atoms with Crippen molar-refractivity contribution >= 4 is 18.0 Å². The van der Waals surface area contributed by atoms with E-state index in [1.807, 2.05) is 51.1 Å². The summed E-state index contributed by atoms with van der Waals surface area (Å²) in [5.41, 5.74) is 1.03. The van der Waals surface area contributed by atoms with Gasteiger partial charge in [-0.3, -0.25) is 9.79 Å². The monoisotopic (exact) mass is 353 g/mol. The maximum atomic E-state index is 12.6. The van der Waals surface area contributed by atoms with Crippen LogP contribution in [-0.2, 0) is 11.3 Å². The third kappa shape index (κ3) is 5.28. The van der Waals surface area contributed by atoms with E-state index in [1.165, 1.54) is 13.3 Å². The van der Waals surface area contributed by atoms with Crippen LogP contribution in [-0.4, -0.2) is 30.6 Å². The third-order valence-electron chi connectivity index (χ3n) is 3.48. The minimum Gasteiger partial charge on any atom is -0.487 e. The van der Waals surface area contributed by atoms with Crippen molar-refractivity contribution < 1.29 is 19.1 Å². The van der Waals surface area contributed by atoms with E-state index < -0.39 is 5.97 Å². The summed E-state index contributed by atoms with van der Waals surface area (Å²) in [5.74, 6) is -0.683. The number of para-hydroxylation sites is 1. The summed E-state index contributed by atoms with van der Waals surface area (Å²) in [4.78, 5) is 28.9. The van der Waals surface area contributed by atoms with Crippen LogP contribution in [0.4, 0.5) is 0 Å². The molecular formula is C21H23NO4. The van der Waals surface area contributed by atoms with Crippen molar-refractivity contribution in [3.8, 4) is 5.75 Å². The van der Waals surface area contributed by atoms with E-state index in [-0.39, 0.29) is 34.8 Å². The Labute approximate surface area is 153 Å². The molecule has 0 aliphatic heterocycles. The Balaban J connectivity index is 2.39. The zero-order valence-corrected chi connectivity index (χ0v) is 15.5. The van der Waals surface area contributed by atoms with Crippen LogP contribution in [0.5, 0.6) is 5.75 Å². The fraction of sp³-hybridized carbons (Fsp3) is 0.286. The van der Waals surface area contributed by atoms with Gasteiger partial charge in [-0.25, -0.2) is 4.79 Å². The number of ether oxygens (including phenoxy) is 2. The van der Waals surface area contributed by atoms with E-state index in [9.17, 15) is 9.59 Å². The number of nitrogens with zero attached hydrogens (tertiary/aromatic N) is 1. The van der Waals surface area contributed by atoms with Crippen LogP contribution >= 0.6 is 0 Å². The third-order valence-corrected chi connectivity index (χ3v) is 3.48. The molecule has 0 bridgehead atoms. The van der Waals surface area contributed by atoms with Gasteiger partial charge in [0.15, 0.2) is 0 Å². The fourth-order valence-corrected chi connectivity index (χ4v) is 2.21. The summed E-state index contributed by atoms with van der Waals surface area (Å²) < 4.78 is 10.7. The summed E-state index contributed by atoms with van der Waals surface area (Å²) in [7, 11) is 1.29. The van der Waals surface area contributed by atoms with E-state index in [4.69, 9.17) is 9.47 Å². The maximum Gasteiger partial charge on any atom is 0.341 e. The van der Waals surface area contributed by atoms with Crippen molar-refractivity contribution in [1.82, 2.24) is 0 Å². The number of aliphatic imine (C=N–C) groups is 1. The number of Topliss-reactive ketones (excluding diaryl/α,β-unsaturated/α-hetero) is 1. The molecule has 136 valence electrons. The lowest BCUT2D eigenvalue weighted by Crippen LogP contribution is -2.15. The molecule has 26 heavy (non-hydrogen) atoms. The predicted octanol–water partition coefficient (Wildman–Crippen LogP) is 4.10. The molecule has 2 rings (SSSR count). The van der Waals surface area contributed by atoms with Crippen molar-refractivity contribution in [3.05, 3.63) is 65.2 Å². The van der Waals surface area contributed by atoms with Gasteiger partial charge in [-0.1, -0.05) is 36.4 Å². The molecule has 2 aromatic carbocycles. The number of hydrogen-bond acceptors (Lipinski definition) is 5. The van der Waals surface area contributed by atoms with Gasteiger partial charge in [0.25, 0.3) is 0 Å². The number of ketones is 1. The second-order valence-corrected chi connectivity index (χ2v) is 6.74. The standard InChI is InChI=1S/C21H23NO4/c1-21(2,3)22-13-18(23)16-11-8-12-17(20(24)25-4)19(16)26-14-15-9-6-5-7-10-15/h5-13H,14H2,1-4H3. The molecule has 0 saturated heterocycles. The largest absolute Gasteiger partial charge is 0.487 e. The molecule has 5 heteroatoms. The van der Waals surface area contributed by atoms with E-state index in [0.29, 0.717) is 0 Å². The van der Waals surface area contributed by atoms with Crippen molar-refractivity contribution in [2.24, 2.45) is 4.99 Å². The van der Waals surface area contributed by atoms with Crippen molar-refractivity contribution in [3.63, 3.8) is 0 Å². The number of methoxy groups -OCH3 is 1. The molecule has 2 aromatic rings. The van der Waals surface area contributed by atoms with Crippen LogP contribution in [0.2, 0.25) is 0 Å². The number of hydrogen-bond donors (Lipinski definition) is 0. The van der Waals surface area contributed by atoms with Crippen LogP contribution in [0, 0.1) is 0 Å². The van der Waals surface area contributed by atoms with Gasteiger partial charge in [-0.2, -0.15) is 0 Å². The van der Waals surface area contributed by atoms with Gasteiger partial charge in [0.2, 0.25) is 5.78 Å². The smallest absolute Gasteiger partial charge is 0.341 e. The molecule has 0 fully saturated rings. The highest BCUT2D eigenvalue weighted by molar-refractivity contribution is 6.36. The second-order valence-electron chi connectivity index (χ2n) is 6.74. The van der Waals surface area contributed by atoms with Crippen LogP contribution in [0.3, 0.4) is 0 Å². The van der Waals surface area contributed by atoms with Gasteiger partial charge < -0.3 is 9.47 Å². The van der Waals surface area contributed by atoms with Crippen LogP contribution < -0.4 is 4.74 Å². The van der Waals surface area contributed by atoms with E-state index >= 15 is 0 Å². The van der Waals surface area contributed by atoms with Crippen molar-refractivity contribution in [1.29, 1.82) is 0 Å². The maximum absolute atomic E-state index is 12.6. The average molecular weight is 353 g/mol. The van der Waals surface area contributed by atoms with Crippen LogP contribution in [0.1, 0.15) is 47.1 Å². The first-order chi connectivity index (χ1) is 12.3. The Morgan fingerprint density at radius 1 is 1.00 bits per heavy atom. The molecule has 0 aromatic heterocycles. The van der Waals surface area contributed by atoms with Gasteiger partial charge in [-0.15, -0.1) is 0 Å². The first kappa shape index (κ1) is 19.4. The molecule has 0 atom stereocenters. The van der Waals surface area contributed by atoms with E-state index in [1.54, 1.807) is 18.2 Å². The molecule has 0 saturated carbocycles. The highest BCUT2D eigenvalue weighted by Crippen LogP contribution is 2.26. The van der Waals surface area contributed by atoms with Crippen LogP contribution in [0.25, 0.3) is 0 Å². The summed E-state index contributed by atoms with van der Waals surface area (Å²) in [6, 6.07) is 14.3. The quantitative estimate of drug-likeness (QED) is 0.445. The number of esters is 1. The molecule has 0 N–H and O–H groups in total. The summed E-state index contributed by atoms with van der Waals surface area (Å²) >= 11 is 0. The lowest BCUT2D eigenvalue weighted by molar-refractivity contribution is 0.0595. The Hall–Kier alpha value is -2.95. The van der Waals surface area contributed by atoms with Crippen molar-refractivity contribution in [2.45, 2.75) is 32.9 Å². The average Bonchev–Trinajstić information content (AvgIpc) is 2.63. The topological polar surface area (TPSA) is 65.0 Å². The van der Waals surface area contributed by atoms with Gasteiger partial charge >= 0.3 is 5.97 Å². The second kappa shape index (κ2) is 8.43. The molecule has 0 unspecified atom stereocenters. The molecular weight excluding hydrogens is 330 g/mol. The van der Waals surface area contributed by atoms with Gasteiger partial charge in [0, 0.05) is 0 Å². The van der Waals surface area contributed by atoms with Gasteiger partial charge in [-0.05, 0) is 38.5 Å². The summed E-state index contributed by atoms with van der Waals surface area (Å²) in [6.45, 7) is 5.92. The SMILES string of the molecule is COC(=O)c1cccc(C(=O)C=NC(C)(C)C)c1OCc1ccccc1. The Morgan fingerprint density at radius 2 is 1.65 bits per heavy atom. The number of rotatable bonds is 6. The lowest BCUT2D eigenvalue weighted by atomic mass is 10.0. The number of carbonyl (C=O) groups excluding carboxylic acids is 2. The zero-order chi connectivity index (χ0) is 19.2. The Kier molecular flexibility index (Phi) is 6.28. The molecule has 0 amide bonds. The molecule has 0 aliphatic carbocycles. The molecule has 0 spiro atoms. The van der Waals surface area contributed by atoms with Gasteiger partial charge in [0.05, 0.1) is 24.4 Å². The first-order valence-electron chi connectivity index (χ1n) is 8.29. The summed E-state index contributed by atoms with van der Waals surface area (Å²) in [5, 5.41) is 0. The lowest BCUT2D eigenvalue weighted by Gasteiger charge is -2.14. The molecule has 0 aliphatic rings. The van der Waals surface area contributed by atoms with E-state index in [2.05, 4.69) is 4.99 Å². The Morgan fingerprint density at radius 3 is 2.27 bits per heavy atom. The molecule has 0 heterocycles. The number of carbonyl (C=O) groups is 2. The molecule has 5 nitrogen and oxygen atoms in total. The predicted molar refractivity (Wildman–Crippen MR) is 101 cm³/mol. The highest BCUT2D eigenvalue weighted by Gasteiger charge is 2.21. The van der Waals surface area contributed by atoms with E-state index in [0.717, 1.165) is 5.56 Å². The number of benzene rings is 2. The Bertz CT molecular complexity index is 805. The van der Waals surface area contributed by atoms with Gasteiger partial charge in [0.1, 0.15) is 17.9 Å². The normalized spacial score (nSPS) is 11.4. The highest BCUT2D eigenvalue weighted by atomic mass is 16.5. The zero-order valence-electron chi connectivity index (χ0n) is 15.5. The summed E-state index contributed by atoms with van der Waals surface area (Å²) in [6.07, 6.45) is 1.27. The minimum atomic E-state index is -0.560. The minimum absolute atomic E-state index is 0.202. The fourth-order valence-electron chi connectivity index (χ4n) is 2.21. The molecule has 0 radical (unpaired) electrons.